The minimum atomic E-state index is -1.20. The molecular formula is C15H18F2N2O. The first-order chi connectivity index (χ1) is 9.68. The fourth-order valence-corrected chi connectivity index (χ4v) is 3.62. The lowest BCUT2D eigenvalue weighted by molar-refractivity contribution is 0.0385. The Morgan fingerprint density at radius 2 is 1.95 bits per heavy atom. The number of aromatic nitrogens is 1. The van der Waals surface area contributed by atoms with Crippen molar-refractivity contribution in [3.63, 3.8) is 0 Å². The summed E-state index contributed by atoms with van der Waals surface area (Å²) >= 11 is 0. The standard InChI is InChI=1S/C15H18F2N2O/c16-13-11(7-8-18-14(13)17)15(20)19-9-3-5-10-4-1-2-6-12(10)19/h7-8,10,12H,1-6,9H2/t10-,12-/m1/s1. The van der Waals surface area contributed by atoms with Crippen LogP contribution in [0.1, 0.15) is 48.9 Å². The molecule has 20 heavy (non-hydrogen) atoms. The van der Waals surface area contributed by atoms with Gasteiger partial charge in [0.1, 0.15) is 0 Å². The normalized spacial score (nSPS) is 26.2. The van der Waals surface area contributed by atoms with Gasteiger partial charge in [0.25, 0.3) is 5.91 Å². The fraction of sp³-hybridized carbons (Fsp3) is 0.600. The first-order valence-corrected chi connectivity index (χ1v) is 7.29. The molecule has 1 amide bonds. The van der Waals surface area contributed by atoms with Crippen LogP contribution in [0.25, 0.3) is 0 Å². The van der Waals surface area contributed by atoms with E-state index in [2.05, 4.69) is 4.98 Å². The maximum absolute atomic E-state index is 13.7. The number of carbonyl (C=O) groups excluding carboxylic acids is 1. The molecule has 1 aromatic heterocycles. The van der Waals surface area contributed by atoms with E-state index in [4.69, 9.17) is 0 Å². The fourth-order valence-electron chi connectivity index (χ4n) is 3.62. The van der Waals surface area contributed by atoms with Crippen molar-refractivity contribution in [3.05, 3.63) is 29.6 Å². The third-order valence-corrected chi connectivity index (χ3v) is 4.58. The molecule has 2 heterocycles. The van der Waals surface area contributed by atoms with E-state index in [1.807, 2.05) is 0 Å². The van der Waals surface area contributed by atoms with E-state index >= 15 is 0 Å². The number of pyridine rings is 1. The van der Waals surface area contributed by atoms with E-state index in [0.29, 0.717) is 12.5 Å². The van der Waals surface area contributed by atoms with Crippen molar-refractivity contribution in [1.29, 1.82) is 0 Å². The third-order valence-electron chi connectivity index (χ3n) is 4.58. The molecule has 1 aromatic rings. The molecule has 0 spiro atoms. The Labute approximate surface area is 117 Å². The Hall–Kier alpha value is -1.52. The number of piperidine rings is 1. The number of halogens is 2. The number of likely N-dealkylation sites (tertiary alicyclic amines) is 1. The maximum Gasteiger partial charge on any atom is 0.257 e. The Bertz CT molecular complexity index is 519. The van der Waals surface area contributed by atoms with E-state index in [0.717, 1.165) is 38.3 Å². The summed E-state index contributed by atoms with van der Waals surface area (Å²) in [6, 6.07) is 1.47. The molecule has 0 aromatic carbocycles. The van der Waals surface area contributed by atoms with Gasteiger partial charge >= 0.3 is 0 Å². The molecule has 0 N–H and O–H groups in total. The highest BCUT2D eigenvalue weighted by Crippen LogP contribution is 2.36. The molecule has 0 bridgehead atoms. The number of hydrogen-bond donors (Lipinski definition) is 0. The lowest BCUT2D eigenvalue weighted by atomic mass is 9.78. The van der Waals surface area contributed by atoms with Crippen molar-refractivity contribution in [1.82, 2.24) is 9.88 Å². The van der Waals surface area contributed by atoms with Crippen molar-refractivity contribution in [2.45, 2.75) is 44.6 Å². The third kappa shape index (κ3) is 2.30. The number of hydrogen-bond acceptors (Lipinski definition) is 2. The molecule has 3 nitrogen and oxygen atoms in total. The smallest absolute Gasteiger partial charge is 0.257 e. The SMILES string of the molecule is O=C(c1ccnc(F)c1F)N1CCC[C@H]2CCCC[C@H]21. The van der Waals surface area contributed by atoms with E-state index in [-0.39, 0.29) is 17.5 Å². The summed E-state index contributed by atoms with van der Waals surface area (Å²) in [6.45, 7) is 0.642. The largest absolute Gasteiger partial charge is 0.335 e. The zero-order valence-electron chi connectivity index (χ0n) is 11.3. The predicted octanol–water partition coefficient (Wildman–Crippen LogP) is 3.15. The Morgan fingerprint density at radius 3 is 2.80 bits per heavy atom. The molecule has 3 rings (SSSR count). The second-order valence-corrected chi connectivity index (χ2v) is 5.72. The molecule has 108 valence electrons. The number of nitrogens with zero attached hydrogens (tertiary/aromatic N) is 2. The number of fused-ring (bicyclic) bond motifs is 1. The summed E-state index contributed by atoms with van der Waals surface area (Å²) in [7, 11) is 0. The second-order valence-electron chi connectivity index (χ2n) is 5.72. The van der Waals surface area contributed by atoms with Gasteiger partial charge < -0.3 is 4.90 Å². The van der Waals surface area contributed by atoms with Crippen molar-refractivity contribution < 1.29 is 13.6 Å². The molecule has 2 atom stereocenters. The van der Waals surface area contributed by atoms with Gasteiger partial charge in [-0.3, -0.25) is 4.79 Å². The van der Waals surface area contributed by atoms with E-state index < -0.39 is 11.8 Å². The predicted molar refractivity (Wildman–Crippen MR) is 70.2 cm³/mol. The molecule has 0 radical (unpaired) electrons. The topological polar surface area (TPSA) is 33.2 Å². The molecule has 1 saturated carbocycles. The van der Waals surface area contributed by atoms with Crippen LogP contribution in [-0.2, 0) is 0 Å². The van der Waals surface area contributed by atoms with E-state index in [9.17, 15) is 13.6 Å². The van der Waals surface area contributed by atoms with E-state index in [1.54, 1.807) is 4.90 Å². The van der Waals surface area contributed by atoms with Crippen molar-refractivity contribution in [3.8, 4) is 0 Å². The second kappa shape index (κ2) is 5.46. The Kier molecular flexibility index (Phi) is 3.68. The summed E-state index contributed by atoms with van der Waals surface area (Å²) in [5.41, 5.74) is -0.191. The number of rotatable bonds is 1. The molecular weight excluding hydrogens is 262 g/mol. The molecule has 2 aliphatic rings. The van der Waals surface area contributed by atoms with Crippen LogP contribution in [0.15, 0.2) is 12.3 Å². The van der Waals surface area contributed by atoms with Crippen LogP contribution >= 0.6 is 0 Å². The average molecular weight is 280 g/mol. The average Bonchev–Trinajstić information content (AvgIpc) is 2.49. The van der Waals surface area contributed by atoms with Crippen molar-refractivity contribution in [2.75, 3.05) is 6.54 Å². The summed E-state index contributed by atoms with van der Waals surface area (Å²) in [6.07, 6.45) is 7.67. The van der Waals surface area contributed by atoms with Crippen LogP contribution < -0.4 is 0 Å². The van der Waals surface area contributed by atoms with Crippen molar-refractivity contribution in [2.24, 2.45) is 5.92 Å². The van der Waals surface area contributed by atoms with Gasteiger partial charge in [0.2, 0.25) is 5.95 Å². The zero-order chi connectivity index (χ0) is 14.1. The van der Waals surface area contributed by atoms with Gasteiger partial charge in [-0.2, -0.15) is 4.39 Å². The van der Waals surface area contributed by atoms with Gasteiger partial charge in [-0.1, -0.05) is 12.8 Å². The minimum Gasteiger partial charge on any atom is -0.335 e. The van der Waals surface area contributed by atoms with Gasteiger partial charge in [0.05, 0.1) is 5.56 Å². The quantitative estimate of drug-likeness (QED) is 0.740. The number of amides is 1. The van der Waals surface area contributed by atoms with Crippen molar-refractivity contribution >= 4 is 5.91 Å². The summed E-state index contributed by atoms with van der Waals surface area (Å²) < 4.78 is 26.9. The monoisotopic (exact) mass is 280 g/mol. The van der Waals surface area contributed by atoms with E-state index in [1.165, 1.54) is 12.5 Å². The van der Waals surface area contributed by atoms with Crippen LogP contribution in [0, 0.1) is 17.7 Å². The molecule has 1 aliphatic carbocycles. The number of carbonyl (C=O) groups is 1. The molecule has 2 fully saturated rings. The van der Waals surface area contributed by atoms with Crippen LogP contribution in [0.5, 0.6) is 0 Å². The van der Waals surface area contributed by atoms with Gasteiger partial charge in [-0.25, -0.2) is 9.37 Å². The highest BCUT2D eigenvalue weighted by molar-refractivity contribution is 5.94. The highest BCUT2D eigenvalue weighted by atomic mass is 19.2. The molecule has 0 unspecified atom stereocenters. The van der Waals surface area contributed by atoms with Gasteiger partial charge in [-0.05, 0) is 37.7 Å². The summed E-state index contributed by atoms with van der Waals surface area (Å²) in [5.74, 6) is -2.19. The summed E-state index contributed by atoms with van der Waals surface area (Å²) in [5, 5.41) is 0. The first-order valence-electron chi connectivity index (χ1n) is 7.29. The van der Waals surface area contributed by atoms with Crippen LogP contribution in [0.4, 0.5) is 8.78 Å². The molecule has 1 aliphatic heterocycles. The lowest BCUT2D eigenvalue weighted by Gasteiger charge is -2.44. The van der Waals surface area contributed by atoms with Gasteiger partial charge in [0, 0.05) is 18.8 Å². The lowest BCUT2D eigenvalue weighted by Crippen LogP contribution is -2.49. The summed E-state index contributed by atoms with van der Waals surface area (Å²) in [4.78, 5) is 17.5. The van der Waals surface area contributed by atoms with Crippen LogP contribution in [0.3, 0.4) is 0 Å². The minimum absolute atomic E-state index is 0.191. The van der Waals surface area contributed by atoms with Crippen LogP contribution in [-0.4, -0.2) is 28.4 Å². The molecule has 5 heteroatoms. The highest BCUT2D eigenvalue weighted by Gasteiger charge is 2.36. The van der Waals surface area contributed by atoms with Crippen LogP contribution in [0.2, 0.25) is 0 Å². The Balaban J connectivity index is 1.87. The first kappa shape index (κ1) is 13.5. The Morgan fingerprint density at radius 1 is 1.20 bits per heavy atom. The van der Waals surface area contributed by atoms with Gasteiger partial charge in [0.15, 0.2) is 5.82 Å². The molecule has 1 saturated heterocycles. The maximum atomic E-state index is 13.7. The van der Waals surface area contributed by atoms with Gasteiger partial charge in [-0.15, -0.1) is 0 Å². The zero-order valence-corrected chi connectivity index (χ0v) is 11.3.